The Labute approximate surface area is 159 Å². The minimum absolute atomic E-state index is 0.0184. The molecule has 1 aromatic heterocycles. The summed E-state index contributed by atoms with van der Waals surface area (Å²) in [4.78, 5) is 30.4. The number of anilines is 1. The largest absolute Gasteiger partial charge is 0.322 e. The van der Waals surface area contributed by atoms with Gasteiger partial charge in [0.25, 0.3) is 5.56 Å². The van der Waals surface area contributed by atoms with E-state index in [0.29, 0.717) is 5.56 Å². The van der Waals surface area contributed by atoms with E-state index < -0.39 is 5.41 Å². The highest BCUT2D eigenvalue weighted by molar-refractivity contribution is 5.97. The Morgan fingerprint density at radius 3 is 2.22 bits per heavy atom. The third-order valence-corrected chi connectivity index (χ3v) is 4.64. The summed E-state index contributed by atoms with van der Waals surface area (Å²) in [5.74, 6) is -0.0184. The summed E-state index contributed by atoms with van der Waals surface area (Å²) in [5, 5.41) is 0.969. The third kappa shape index (κ3) is 4.11. The molecular formula is C23H26N2O2. The molecular weight excluding hydrogens is 336 g/mol. The van der Waals surface area contributed by atoms with Gasteiger partial charge in [0, 0.05) is 22.2 Å². The smallest absolute Gasteiger partial charge is 0.253 e. The van der Waals surface area contributed by atoms with Crippen LogP contribution in [-0.2, 0) is 11.3 Å². The van der Waals surface area contributed by atoms with Crippen LogP contribution in [0.1, 0.15) is 37.5 Å². The number of nitrogens with one attached hydrogen (secondary N) is 1. The van der Waals surface area contributed by atoms with Crippen LogP contribution in [0, 0.1) is 19.3 Å². The van der Waals surface area contributed by atoms with Crippen molar-refractivity contribution in [3.63, 3.8) is 0 Å². The number of carbonyl (C=O) groups excluding carboxylic acids is 1. The number of fused-ring (bicyclic) bond motifs is 1. The Balaban J connectivity index is 2.07. The zero-order chi connectivity index (χ0) is 19.8. The van der Waals surface area contributed by atoms with E-state index in [9.17, 15) is 9.59 Å². The monoisotopic (exact) mass is 362 g/mol. The molecule has 0 saturated heterocycles. The van der Waals surface area contributed by atoms with Crippen LogP contribution in [0.15, 0.2) is 53.3 Å². The maximum absolute atomic E-state index is 13.1. The van der Waals surface area contributed by atoms with Gasteiger partial charge < -0.3 is 9.88 Å². The molecule has 1 N–H and O–H groups in total. The Bertz CT molecular complexity index is 1040. The van der Waals surface area contributed by atoms with Gasteiger partial charge in [0.1, 0.15) is 0 Å². The molecule has 0 bridgehead atoms. The van der Waals surface area contributed by atoms with E-state index in [-0.39, 0.29) is 18.0 Å². The summed E-state index contributed by atoms with van der Waals surface area (Å²) in [5.41, 5.74) is 3.71. The highest BCUT2D eigenvalue weighted by atomic mass is 16.2. The number of nitrogens with zero attached hydrogens (tertiary/aromatic N) is 1. The van der Waals surface area contributed by atoms with Crippen molar-refractivity contribution in [2.24, 2.45) is 5.41 Å². The highest BCUT2D eigenvalue weighted by Crippen LogP contribution is 2.25. The van der Waals surface area contributed by atoms with Crippen LogP contribution in [0.2, 0.25) is 0 Å². The van der Waals surface area contributed by atoms with Gasteiger partial charge in [0.05, 0.1) is 6.54 Å². The van der Waals surface area contributed by atoms with Gasteiger partial charge in [0.15, 0.2) is 0 Å². The number of amides is 1. The number of aryl methyl sites for hydroxylation is 2. The van der Waals surface area contributed by atoms with E-state index in [1.54, 1.807) is 4.90 Å². The quantitative estimate of drug-likeness (QED) is 0.733. The van der Waals surface area contributed by atoms with Gasteiger partial charge in [-0.15, -0.1) is 0 Å². The second-order valence-electron chi connectivity index (χ2n) is 8.19. The Hall–Kier alpha value is -2.88. The number of carbonyl (C=O) groups is 1. The van der Waals surface area contributed by atoms with Crippen LogP contribution in [0.3, 0.4) is 0 Å². The second-order valence-corrected chi connectivity index (χ2v) is 8.19. The predicted octanol–water partition coefficient (Wildman–Crippen LogP) is 4.72. The van der Waals surface area contributed by atoms with Crippen LogP contribution in [-0.4, -0.2) is 10.9 Å². The average Bonchev–Trinajstić information content (AvgIpc) is 2.60. The first-order valence-corrected chi connectivity index (χ1v) is 9.16. The second kappa shape index (κ2) is 7.03. The number of aromatic amines is 1. The summed E-state index contributed by atoms with van der Waals surface area (Å²) < 4.78 is 0. The third-order valence-electron chi connectivity index (χ3n) is 4.64. The Morgan fingerprint density at radius 2 is 1.59 bits per heavy atom. The molecule has 0 aliphatic heterocycles. The lowest BCUT2D eigenvalue weighted by Crippen LogP contribution is -2.40. The first kappa shape index (κ1) is 18.9. The molecule has 4 heteroatoms. The van der Waals surface area contributed by atoms with E-state index in [1.165, 1.54) is 0 Å². The number of pyridine rings is 1. The lowest BCUT2D eigenvalue weighted by Gasteiger charge is -2.29. The lowest BCUT2D eigenvalue weighted by molar-refractivity contribution is -0.125. The minimum atomic E-state index is -0.551. The summed E-state index contributed by atoms with van der Waals surface area (Å²) >= 11 is 0. The summed E-state index contributed by atoms with van der Waals surface area (Å²) in [6.45, 7) is 9.94. The maximum atomic E-state index is 13.1. The molecule has 0 aliphatic rings. The van der Waals surface area contributed by atoms with E-state index >= 15 is 0 Å². The van der Waals surface area contributed by atoms with Crippen LogP contribution in [0.25, 0.3) is 10.9 Å². The van der Waals surface area contributed by atoms with Gasteiger partial charge in [-0.2, -0.15) is 0 Å². The molecule has 1 amide bonds. The van der Waals surface area contributed by atoms with Crippen molar-refractivity contribution in [2.75, 3.05) is 4.90 Å². The zero-order valence-electron chi connectivity index (χ0n) is 16.6. The lowest BCUT2D eigenvalue weighted by atomic mass is 9.94. The first-order valence-electron chi connectivity index (χ1n) is 9.16. The van der Waals surface area contributed by atoms with Crippen molar-refractivity contribution < 1.29 is 4.79 Å². The van der Waals surface area contributed by atoms with E-state index in [0.717, 1.165) is 27.7 Å². The van der Waals surface area contributed by atoms with Crippen LogP contribution < -0.4 is 10.5 Å². The number of benzene rings is 2. The molecule has 0 saturated carbocycles. The normalized spacial score (nSPS) is 11.6. The summed E-state index contributed by atoms with van der Waals surface area (Å²) in [6, 6.07) is 15.6. The molecule has 27 heavy (non-hydrogen) atoms. The van der Waals surface area contributed by atoms with E-state index in [4.69, 9.17) is 0 Å². The highest BCUT2D eigenvalue weighted by Gasteiger charge is 2.29. The standard InChI is InChI=1S/C23H26N2O2/c1-15-6-9-19(10-7-15)25(22(27)23(3,4)5)14-18-13-17-12-16(2)8-11-20(17)24-21(18)26/h6-13H,14H2,1-5H3,(H,24,26). The molecule has 0 radical (unpaired) electrons. The van der Waals surface area contributed by atoms with Gasteiger partial charge in [-0.05, 0) is 49.6 Å². The fourth-order valence-corrected chi connectivity index (χ4v) is 3.07. The van der Waals surface area contributed by atoms with Gasteiger partial charge in [-0.25, -0.2) is 0 Å². The SMILES string of the molecule is Cc1ccc(N(Cc2cc3cc(C)ccc3[nH]c2=O)C(=O)C(C)(C)C)cc1. The maximum Gasteiger partial charge on any atom is 0.253 e. The molecule has 0 atom stereocenters. The summed E-state index contributed by atoms with van der Waals surface area (Å²) in [7, 11) is 0. The van der Waals surface area contributed by atoms with Crippen LogP contribution >= 0.6 is 0 Å². The fourth-order valence-electron chi connectivity index (χ4n) is 3.07. The minimum Gasteiger partial charge on any atom is -0.322 e. The van der Waals surface area contributed by atoms with Crippen LogP contribution in [0.5, 0.6) is 0 Å². The van der Waals surface area contributed by atoms with Gasteiger partial charge in [0.2, 0.25) is 5.91 Å². The molecule has 1 heterocycles. The molecule has 0 spiro atoms. The Kier molecular flexibility index (Phi) is 4.92. The molecule has 3 aromatic rings. The van der Waals surface area contributed by atoms with Crippen molar-refractivity contribution in [3.05, 3.63) is 75.6 Å². The predicted molar refractivity (Wildman–Crippen MR) is 111 cm³/mol. The van der Waals surface area contributed by atoms with Crippen molar-refractivity contribution in [1.82, 2.24) is 4.98 Å². The topological polar surface area (TPSA) is 53.2 Å². The average molecular weight is 362 g/mol. The van der Waals surface area contributed by atoms with Crippen molar-refractivity contribution >= 4 is 22.5 Å². The molecule has 4 nitrogen and oxygen atoms in total. The van der Waals surface area contributed by atoms with Gasteiger partial charge >= 0.3 is 0 Å². The number of hydrogen-bond donors (Lipinski definition) is 1. The van der Waals surface area contributed by atoms with Crippen molar-refractivity contribution in [2.45, 2.75) is 41.2 Å². The van der Waals surface area contributed by atoms with Crippen molar-refractivity contribution in [1.29, 1.82) is 0 Å². The molecule has 140 valence electrons. The molecule has 0 fully saturated rings. The van der Waals surface area contributed by atoms with Crippen molar-refractivity contribution in [3.8, 4) is 0 Å². The summed E-state index contributed by atoms with van der Waals surface area (Å²) in [6.07, 6.45) is 0. The Morgan fingerprint density at radius 1 is 0.963 bits per heavy atom. The van der Waals surface area contributed by atoms with E-state index in [2.05, 4.69) is 4.98 Å². The van der Waals surface area contributed by atoms with Gasteiger partial charge in [-0.3, -0.25) is 9.59 Å². The fraction of sp³-hybridized carbons (Fsp3) is 0.304. The van der Waals surface area contributed by atoms with E-state index in [1.807, 2.05) is 83.1 Å². The molecule has 2 aromatic carbocycles. The number of H-pyrrole nitrogens is 1. The first-order chi connectivity index (χ1) is 12.6. The molecule has 3 rings (SSSR count). The number of hydrogen-bond acceptors (Lipinski definition) is 2. The molecule has 0 aliphatic carbocycles. The number of aromatic nitrogens is 1. The number of rotatable bonds is 3. The van der Waals surface area contributed by atoms with Crippen LogP contribution in [0.4, 0.5) is 5.69 Å². The van der Waals surface area contributed by atoms with Gasteiger partial charge in [-0.1, -0.05) is 50.1 Å². The molecule has 0 unspecified atom stereocenters. The zero-order valence-corrected chi connectivity index (χ0v) is 16.6.